The van der Waals surface area contributed by atoms with E-state index in [4.69, 9.17) is 28.3 Å². The first kappa shape index (κ1) is 14.3. The van der Waals surface area contributed by atoms with E-state index in [2.05, 4.69) is 15.6 Å². The summed E-state index contributed by atoms with van der Waals surface area (Å²) in [4.78, 5) is 22.7. The SMILES string of the molecule is O=C(Cn1nncc1C(=O)O)Nc1cc(Cl)ccc1Cl. The number of carboxylic acids is 1. The molecule has 2 N–H and O–H groups in total. The maximum atomic E-state index is 11.8. The molecule has 104 valence electrons. The average molecular weight is 315 g/mol. The molecule has 1 aromatic carbocycles. The predicted molar refractivity (Wildman–Crippen MR) is 72.1 cm³/mol. The fourth-order valence-corrected chi connectivity index (χ4v) is 1.80. The third kappa shape index (κ3) is 3.25. The molecule has 0 fully saturated rings. The highest BCUT2D eigenvalue weighted by atomic mass is 35.5. The number of aromatic carboxylic acids is 1. The number of nitrogens with zero attached hydrogens (tertiary/aromatic N) is 3. The number of hydrogen-bond donors (Lipinski definition) is 2. The van der Waals surface area contributed by atoms with Gasteiger partial charge in [0, 0.05) is 5.02 Å². The number of anilines is 1. The van der Waals surface area contributed by atoms with E-state index < -0.39 is 11.9 Å². The van der Waals surface area contributed by atoms with Gasteiger partial charge in [-0.2, -0.15) is 0 Å². The summed E-state index contributed by atoms with van der Waals surface area (Å²) < 4.78 is 0.968. The maximum Gasteiger partial charge on any atom is 0.355 e. The van der Waals surface area contributed by atoms with Gasteiger partial charge >= 0.3 is 5.97 Å². The summed E-state index contributed by atoms with van der Waals surface area (Å²) in [6, 6.07) is 4.61. The lowest BCUT2D eigenvalue weighted by atomic mass is 10.3. The summed E-state index contributed by atoms with van der Waals surface area (Å²) >= 11 is 11.7. The topological polar surface area (TPSA) is 97.1 Å². The summed E-state index contributed by atoms with van der Waals surface area (Å²) in [6.07, 6.45) is 1.06. The lowest BCUT2D eigenvalue weighted by Crippen LogP contribution is -2.22. The predicted octanol–water partition coefficient (Wildman–Crippen LogP) is 1.92. The van der Waals surface area contributed by atoms with Crippen LogP contribution in [0.15, 0.2) is 24.4 Å². The summed E-state index contributed by atoms with van der Waals surface area (Å²) in [6.45, 7) is -0.301. The molecule has 1 amide bonds. The fourth-order valence-electron chi connectivity index (χ4n) is 1.46. The number of benzene rings is 1. The van der Waals surface area contributed by atoms with E-state index >= 15 is 0 Å². The number of carbonyl (C=O) groups is 2. The van der Waals surface area contributed by atoms with Crippen molar-refractivity contribution in [1.82, 2.24) is 15.0 Å². The van der Waals surface area contributed by atoms with Gasteiger partial charge in [-0.3, -0.25) is 4.79 Å². The minimum Gasteiger partial charge on any atom is -0.476 e. The Labute approximate surface area is 123 Å². The van der Waals surface area contributed by atoms with E-state index in [1.807, 2.05) is 0 Å². The van der Waals surface area contributed by atoms with Crippen LogP contribution in [0.4, 0.5) is 5.69 Å². The van der Waals surface area contributed by atoms with Crippen molar-refractivity contribution in [2.24, 2.45) is 0 Å². The van der Waals surface area contributed by atoms with Crippen molar-refractivity contribution in [2.45, 2.75) is 6.54 Å². The lowest BCUT2D eigenvalue weighted by molar-refractivity contribution is -0.116. The lowest BCUT2D eigenvalue weighted by Gasteiger charge is -2.08. The Morgan fingerprint density at radius 3 is 2.80 bits per heavy atom. The second-order valence-corrected chi connectivity index (χ2v) is 4.60. The summed E-state index contributed by atoms with van der Waals surface area (Å²) in [5, 5.41) is 19.1. The molecule has 1 aromatic heterocycles. The summed E-state index contributed by atoms with van der Waals surface area (Å²) in [5.74, 6) is -1.72. The van der Waals surface area contributed by atoms with Crippen LogP contribution in [0.3, 0.4) is 0 Å². The van der Waals surface area contributed by atoms with Gasteiger partial charge in [0.25, 0.3) is 0 Å². The second kappa shape index (κ2) is 5.89. The minimum atomic E-state index is -1.22. The van der Waals surface area contributed by atoms with Crippen LogP contribution < -0.4 is 5.32 Å². The van der Waals surface area contributed by atoms with Gasteiger partial charge in [0.15, 0.2) is 5.69 Å². The van der Waals surface area contributed by atoms with E-state index in [9.17, 15) is 9.59 Å². The molecule has 1 heterocycles. The standard InChI is InChI=1S/C11H8Cl2N4O3/c12-6-1-2-7(13)8(3-6)15-10(18)5-17-9(11(19)20)4-14-16-17/h1-4H,5H2,(H,15,18)(H,19,20). The van der Waals surface area contributed by atoms with Gasteiger partial charge < -0.3 is 10.4 Å². The van der Waals surface area contributed by atoms with Crippen LogP contribution >= 0.6 is 23.2 Å². The molecular weight excluding hydrogens is 307 g/mol. The minimum absolute atomic E-state index is 0.183. The van der Waals surface area contributed by atoms with Crippen LogP contribution in [0.25, 0.3) is 0 Å². The molecule has 2 rings (SSSR count). The van der Waals surface area contributed by atoms with Gasteiger partial charge in [-0.15, -0.1) is 5.10 Å². The highest BCUT2D eigenvalue weighted by Crippen LogP contribution is 2.25. The van der Waals surface area contributed by atoms with Crippen LogP contribution in [0.1, 0.15) is 10.5 Å². The molecule has 0 aliphatic carbocycles. The van der Waals surface area contributed by atoms with Crippen LogP contribution in [-0.2, 0) is 11.3 Å². The molecule has 0 spiro atoms. The van der Waals surface area contributed by atoms with Gasteiger partial charge in [0.2, 0.25) is 5.91 Å². The molecule has 9 heteroatoms. The zero-order chi connectivity index (χ0) is 14.7. The van der Waals surface area contributed by atoms with Crippen molar-refractivity contribution in [2.75, 3.05) is 5.32 Å². The summed E-state index contributed by atoms with van der Waals surface area (Å²) in [5.41, 5.74) is 0.151. The molecule has 0 bridgehead atoms. The molecular formula is C11H8Cl2N4O3. The molecule has 0 radical (unpaired) electrons. The van der Waals surface area contributed by atoms with Crippen LogP contribution in [0.2, 0.25) is 10.0 Å². The van der Waals surface area contributed by atoms with Crippen molar-refractivity contribution >= 4 is 40.8 Å². The number of amides is 1. The molecule has 2 aromatic rings. The number of halogens is 2. The first-order valence-corrected chi connectivity index (χ1v) is 6.09. The van der Waals surface area contributed by atoms with Crippen molar-refractivity contribution in [3.8, 4) is 0 Å². The number of rotatable bonds is 4. The monoisotopic (exact) mass is 314 g/mol. The Bertz CT molecular complexity index is 671. The molecule has 0 saturated carbocycles. The Morgan fingerprint density at radius 1 is 1.35 bits per heavy atom. The van der Waals surface area contributed by atoms with Crippen molar-refractivity contribution in [3.63, 3.8) is 0 Å². The number of carboxylic acid groups (broad SMARTS) is 1. The fraction of sp³-hybridized carbons (Fsp3) is 0.0909. The maximum absolute atomic E-state index is 11.8. The Morgan fingerprint density at radius 2 is 2.10 bits per heavy atom. The molecule has 20 heavy (non-hydrogen) atoms. The first-order valence-electron chi connectivity index (χ1n) is 5.34. The van der Waals surface area contributed by atoms with Crippen molar-refractivity contribution in [1.29, 1.82) is 0 Å². The zero-order valence-electron chi connectivity index (χ0n) is 9.88. The van der Waals surface area contributed by atoms with E-state index in [1.165, 1.54) is 12.1 Å². The van der Waals surface area contributed by atoms with Crippen LogP contribution in [0, 0.1) is 0 Å². The summed E-state index contributed by atoms with van der Waals surface area (Å²) in [7, 11) is 0. The Balaban J connectivity index is 2.11. The third-order valence-corrected chi connectivity index (χ3v) is 2.90. The largest absolute Gasteiger partial charge is 0.476 e. The molecule has 0 unspecified atom stereocenters. The van der Waals surface area contributed by atoms with Gasteiger partial charge in [-0.05, 0) is 18.2 Å². The Kier molecular flexibility index (Phi) is 4.21. The molecule has 0 atom stereocenters. The van der Waals surface area contributed by atoms with Crippen LogP contribution in [-0.4, -0.2) is 32.0 Å². The number of carbonyl (C=O) groups excluding carboxylic acids is 1. The smallest absolute Gasteiger partial charge is 0.355 e. The van der Waals surface area contributed by atoms with Crippen molar-refractivity contribution in [3.05, 3.63) is 40.1 Å². The van der Waals surface area contributed by atoms with Gasteiger partial charge in [0.1, 0.15) is 6.54 Å². The van der Waals surface area contributed by atoms with Gasteiger partial charge in [0.05, 0.1) is 16.9 Å². The van der Waals surface area contributed by atoms with E-state index in [0.29, 0.717) is 15.7 Å². The van der Waals surface area contributed by atoms with Gasteiger partial charge in [-0.1, -0.05) is 28.4 Å². The zero-order valence-corrected chi connectivity index (χ0v) is 11.4. The number of aromatic nitrogens is 3. The third-order valence-electron chi connectivity index (χ3n) is 2.33. The Hall–Kier alpha value is -2.12. The van der Waals surface area contributed by atoms with Gasteiger partial charge in [-0.25, -0.2) is 9.48 Å². The highest BCUT2D eigenvalue weighted by Gasteiger charge is 2.15. The number of nitrogens with one attached hydrogen (secondary N) is 1. The second-order valence-electron chi connectivity index (χ2n) is 3.75. The molecule has 0 saturated heterocycles. The van der Waals surface area contributed by atoms with E-state index in [0.717, 1.165) is 10.9 Å². The average Bonchev–Trinajstić information content (AvgIpc) is 2.82. The van der Waals surface area contributed by atoms with Crippen LogP contribution in [0.5, 0.6) is 0 Å². The van der Waals surface area contributed by atoms with E-state index in [1.54, 1.807) is 6.07 Å². The quantitative estimate of drug-likeness (QED) is 0.898. The normalized spacial score (nSPS) is 10.3. The van der Waals surface area contributed by atoms with Crippen molar-refractivity contribution < 1.29 is 14.7 Å². The van der Waals surface area contributed by atoms with E-state index in [-0.39, 0.29) is 12.2 Å². The number of hydrogen-bond acceptors (Lipinski definition) is 4. The molecule has 7 nitrogen and oxygen atoms in total. The molecule has 0 aliphatic heterocycles. The highest BCUT2D eigenvalue weighted by molar-refractivity contribution is 6.35. The molecule has 0 aliphatic rings. The first-order chi connectivity index (χ1) is 9.47.